The van der Waals surface area contributed by atoms with Gasteiger partial charge in [0.2, 0.25) is 50.1 Å². The molecule has 1 unspecified atom stereocenters. The average Bonchev–Trinajstić information content (AvgIpc) is 1.68. The fraction of sp³-hybridized carbons (Fsp3) is 0.204. The molecule has 4 aliphatic rings. The Balaban J connectivity index is 0.000000133. The molecule has 10 heterocycles. The van der Waals surface area contributed by atoms with Crippen molar-refractivity contribution in [3.05, 3.63) is 313 Å². The van der Waals surface area contributed by atoms with Crippen molar-refractivity contribution in [1.29, 1.82) is 0 Å². The SMILES string of the molecule is CC1Cc2ccccc2N1CCC(=O)Nc1ccc(S(=O)(=O)Nc2ncns2)cc1.Cc1cc2cc(F)ccc2n1CCC(=O)Nc1ccc(S(=O)(=O)Nc2nccs2)cc1.O=C(CCN1CCc2cc(F)ccc21)Nc1ccc(S(=O)(=O)Nc2ncns2)cc1.O=C(CCN1CCc2ccccc21)Nc1ccc(S(=O)(=O)Nc2ncns2)cc1.O=C(CN1CCCc2ccccc21)Nc1ccc(S(=O)(=O)Nc2ncns2)cc1. The van der Waals surface area contributed by atoms with Gasteiger partial charge in [-0.25, -0.2) is 75.8 Å². The number of aryl methyl sites for hydroxylation is 3. The van der Waals surface area contributed by atoms with Crippen LogP contribution in [0.5, 0.6) is 0 Å². The fourth-order valence-electron chi connectivity index (χ4n) is 16.5. The van der Waals surface area contributed by atoms with Crippen LogP contribution in [-0.2, 0) is 106 Å². The van der Waals surface area contributed by atoms with Gasteiger partial charge in [-0.05, 0) is 250 Å². The highest BCUT2D eigenvalue weighted by Gasteiger charge is 2.30. The van der Waals surface area contributed by atoms with Crippen molar-refractivity contribution in [3.63, 3.8) is 0 Å². The number of rotatable bonds is 34. The summed E-state index contributed by atoms with van der Waals surface area (Å²) in [5.74, 6) is -1.32. The predicted molar refractivity (Wildman–Crippen MR) is 575 cm³/mol. The first-order valence-corrected chi connectivity index (χ1v) is 57.4. The minimum absolute atomic E-state index is 0.0524. The second-order valence-electron chi connectivity index (χ2n) is 33.8. The van der Waals surface area contributed by atoms with Gasteiger partial charge in [-0.3, -0.25) is 47.6 Å². The lowest BCUT2D eigenvalue weighted by molar-refractivity contribution is -0.117. The molecule has 0 saturated heterocycles. The molecule has 0 aliphatic carbocycles. The van der Waals surface area contributed by atoms with E-state index >= 15 is 0 Å². The number of nitrogens with zero attached hydrogens (tertiary/aromatic N) is 14. The van der Waals surface area contributed by atoms with E-state index < -0.39 is 50.1 Å². The van der Waals surface area contributed by atoms with Crippen molar-refractivity contribution in [2.45, 2.75) is 109 Å². The van der Waals surface area contributed by atoms with Gasteiger partial charge in [0.05, 0.1) is 31.0 Å². The second-order valence-corrected chi connectivity index (χ2v) is 46.2. The molecule has 10 aromatic carbocycles. The molecule has 0 bridgehead atoms. The summed E-state index contributed by atoms with van der Waals surface area (Å²) >= 11 is 4.99. The molecule has 0 spiro atoms. The van der Waals surface area contributed by atoms with Crippen LogP contribution in [0.15, 0.2) is 298 Å². The van der Waals surface area contributed by atoms with Crippen LogP contribution in [0.1, 0.15) is 67.0 Å². The summed E-state index contributed by atoms with van der Waals surface area (Å²) in [6.45, 7) is 9.04. The molecule has 20 rings (SSSR count). The lowest BCUT2D eigenvalue weighted by Gasteiger charge is -2.30. The zero-order valence-electron chi connectivity index (χ0n) is 79.3. The van der Waals surface area contributed by atoms with Gasteiger partial charge in [-0.2, -0.15) is 17.5 Å². The van der Waals surface area contributed by atoms with Crippen molar-refractivity contribution in [3.8, 4) is 0 Å². The number of amides is 5. The first kappa shape index (κ1) is 107. The number of hydrogen-bond acceptors (Lipinski definition) is 33. The molecule has 149 heavy (non-hydrogen) atoms. The van der Waals surface area contributed by atoms with Crippen LogP contribution in [0.4, 0.5) is 85.6 Å². The minimum Gasteiger partial charge on any atom is -0.370 e. The molecule has 6 aromatic heterocycles. The molecule has 1 atom stereocenters. The third-order valence-electron chi connectivity index (χ3n) is 23.6. The highest BCUT2D eigenvalue weighted by Crippen LogP contribution is 2.36. The van der Waals surface area contributed by atoms with Gasteiger partial charge < -0.3 is 50.8 Å². The normalized spacial score (nSPS) is 13.4. The monoisotopic (exact) mass is 2210 g/mol. The zero-order valence-corrected chi connectivity index (χ0v) is 87.5. The fourth-order valence-corrected chi connectivity index (χ4v) is 24.9. The summed E-state index contributed by atoms with van der Waals surface area (Å²) in [4.78, 5) is 89.9. The van der Waals surface area contributed by atoms with Crippen LogP contribution < -0.4 is 69.8 Å². The van der Waals surface area contributed by atoms with E-state index in [1.807, 2.05) is 60.0 Å². The van der Waals surface area contributed by atoms with Crippen molar-refractivity contribution < 1.29 is 74.8 Å². The number of hydrogen-bond donors (Lipinski definition) is 10. The van der Waals surface area contributed by atoms with Gasteiger partial charge in [0.1, 0.15) is 36.9 Å². The number of sulfonamides is 5. The Labute approximate surface area is 877 Å². The highest BCUT2D eigenvalue weighted by atomic mass is 32.2. The highest BCUT2D eigenvalue weighted by molar-refractivity contribution is 7.94. The third-order valence-corrected chi connectivity index (χ3v) is 34.0. The van der Waals surface area contributed by atoms with Gasteiger partial charge in [0.25, 0.3) is 50.1 Å². The smallest absolute Gasteiger partial charge is 0.263 e. The molecular weight excluding hydrogens is 2110 g/mol. The maximum atomic E-state index is 13.4. The lowest BCUT2D eigenvalue weighted by Crippen LogP contribution is -2.36. The Morgan fingerprint density at radius 3 is 1.13 bits per heavy atom. The largest absolute Gasteiger partial charge is 0.370 e. The third kappa shape index (κ3) is 29.0. The Bertz CT molecular complexity index is 7990. The maximum Gasteiger partial charge on any atom is 0.263 e. The van der Waals surface area contributed by atoms with Gasteiger partial charge in [-0.1, -0.05) is 54.6 Å². The Kier molecular flexibility index (Phi) is 34.8. The summed E-state index contributed by atoms with van der Waals surface area (Å²) < 4.78 is 179. The van der Waals surface area contributed by atoms with Crippen LogP contribution in [0, 0.1) is 18.6 Å². The quantitative estimate of drug-likeness (QED) is 0.0179. The molecule has 39 nitrogen and oxygen atoms in total. The molecule has 16 aromatic rings. The molecule has 0 saturated carbocycles. The van der Waals surface area contributed by atoms with E-state index in [-0.39, 0.29) is 111 Å². The van der Waals surface area contributed by atoms with Gasteiger partial charge in [0, 0.05) is 203 Å². The van der Waals surface area contributed by atoms with E-state index in [0.29, 0.717) is 73.5 Å². The van der Waals surface area contributed by atoms with Crippen LogP contribution in [-0.4, -0.2) is 170 Å². The number of carbonyl (C=O) groups excluding carboxylic acids is 5. The van der Waals surface area contributed by atoms with E-state index in [1.54, 1.807) is 53.9 Å². The van der Waals surface area contributed by atoms with E-state index in [0.717, 1.165) is 131 Å². The van der Waals surface area contributed by atoms with E-state index in [9.17, 15) is 74.8 Å². The number of anilines is 14. The first-order valence-electron chi connectivity index (χ1n) is 46.1. The molecule has 0 fully saturated rings. The Morgan fingerprint density at radius 1 is 0.356 bits per heavy atom. The Hall–Kier alpha value is -15.2. The van der Waals surface area contributed by atoms with Crippen molar-refractivity contribution in [2.24, 2.45) is 0 Å². The number of nitrogens with one attached hydrogen (secondary N) is 10. The van der Waals surface area contributed by atoms with Crippen LogP contribution in [0.3, 0.4) is 0 Å². The Morgan fingerprint density at radius 2 is 0.711 bits per heavy atom. The summed E-state index contributed by atoms with van der Waals surface area (Å²) in [7, 11) is -18.7. The summed E-state index contributed by atoms with van der Waals surface area (Å²) in [5, 5.41) is 17.5. The van der Waals surface area contributed by atoms with Crippen molar-refractivity contribution in [1.82, 2.24) is 47.0 Å². The summed E-state index contributed by atoms with van der Waals surface area (Å²) in [6.07, 6.45) is 12.6. The first-order chi connectivity index (χ1) is 71.7. The molecule has 772 valence electrons. The number of carbonyl (C=O) groups is 5. The van der Waals surface area contributed by atoms with Crippen LogP contribution in [0.25, 0.3) is 10.9 Å². The topological polar surface area (TPSA) is 510 Å². The van der Waals surface area contributed by atoms with Crippen molar-refractivity contribution in [2.75, 3.05) is 116 Å². The zero-order chi connectivity index (χ0) is 105. The van der Waals surface area contributed by atoms with Crippen LogP contribution >= 0.6 is 57.5 Å². The molecule has 51 heteroatoms. The maximum absolute atomic E-state index is 13.4. The molecule has 10 N–H and O–H groups in total. The molecular formula is C98H96F2N24O15S10. The molecule has 0 radical (unpaired) electrons. The molecule has 5 amide bonds. The standard InChI is InChI=1S/C21H19FN4O3S2.C20H21N5O3S2.C19H18FN5O3S2.2C19H19N5O3S2/c1-14-12-15-13-16(22)2-7-19(15)26(14)10-8-20(27)24-17-3-5-18(6-4-17)31(28,29)25-21-23-9-11-30-21;1-14-12-15-4-2-3-5-18(15)25(14)11-10-19(26)23-16-6-8-17(9-7-16)30(27,28)24-20-21-13-22-29-20;20-14-1-6-17-13(11-14)7-9-25(17)10-8-18(26)23-15-2-4-16(5-3-15)30(27,28)24-19-21-12-22-29-19;25-18(12-24-11-3-5-14-4-1-2-6-17(14)24)22-15-7-9-16(10-8-15)29(26,27)23-19-20-13-21-28-19;25-18(10-12-24-11-9-14-3-1-2-4-17(14)24)22-15-5-7-16(8-6-15)29(26,27)23-19-20-13-21-28-19/h2-7,9,11-13H,8,10H2,1H3,(H,23,25)(H,24,27);2-9,13-14H,10-12H2,1H3,(H,23,26)(H,21,22,24);1-6,11-12H,7-10H2,(H,23,26)(H,21,22,24);1-2,4,6-10,13H,3,5,11-12H2,(H,22,25)(H,20,21,23);1-8,13H,9-12H2,(H,22,25)(H,20,21,23). The number of para-hydroxylation sites is 3. The van der Waals surface area contributed by atoms with E-state index in [1.165, 1.54) is 180 Å². The predicted octanol–water partition coefficient (Wildman–Crippen LogP) is 15.8. The van der Waals surface area contributed by atoms with Gasteiger partial charge >= 0.3 is 0 Å². The minimum atomic E-state index is -3.77. The molecule has 4 aliphatic heterocycles. The van der Waals surface area contributed by atoms with Crippen LogP contribution in [0.2, 0.25) is 0 Å². The summed E-state index contributed by atoms with van der Waals surface area (Å²) in [6, 6.07) is 66.0. The number of benzene rings is 10. The van der Waals surface area contributed by atoms with E-state index in [4.69, 9.17) is 0 Å². The second kappa shape index (κ2) is 48.6. The summed E-state index contributed by atoms with van der Waals surface area (Å²) in [5.41, 5.74) is 13.7. The lowest BCUT2D eigenvalue weighted by atomic mass is 10.0. The number of fused-ring (bicyclic) bond motifs is 5. The number of halogens is 2. The van der Waals surface area contributed by atoms with Gasteiger partial charge in [0.15, 0.2) is 5.13 Å². The number of aromatic nitrogens is 10. The van der Waals surface area contributed by atoms with Crippen molar-refractivity contribution >= 4 is 225 Å². The van der Waals surface area contributed by atoms with E-state index in [2.05, 4.69) is 149 Å². The number of thiazole rings is 1. The average molecular weight is 2210 g/mol. The van der Waals surface area contributed by atoms with Gasteiger partial charge in [-0.15, -0.1) is 11.3 Å².